The maximum atomic E-state index is 13.3. The van der Waals surface area contributed by atoms with Crippen LogP contribution in [0, 0.1) is 0 Å². The highest BCUT2D eigenvalue weighted by atomic mass is 35.5. The van der Waals surface area contributed by atoms with Crippen LogP contribution in [0.5, 0.6) is 11.5 Å². The third kappa shape index (κ3) is 4.03. The van der Waals surface area contributed by atoms with E-state index in [1.165, 1.54) is 67.8 Å². The van der Waals surface area contributed by atoms with Gasteiger partial charge in [-0.15, -0.1) is 0 Å². The maximum absolute atomic E-state index is 13.3. The Balaban J connectivity index is 1.71. The molecule has 1 aromatic heterocycles. The molecule has 1 fully saturated rings. The summed E-state index contributed by atoms with van der Waals surface area (Å²) in [6.45, 7) is 0. The summed E-state index contributed by atoms with van der Waals surface area (Å²) < 4.78 is 5.14. The van der Waals surface area contributed by atoms with Crippen LogP contribution in [0.1, 0.15) is 27.5 Å². The van der Waals surface area contributed by atoms with E-state index in [9.17, 15) is 29.7 Å². The van der Waals surface area contributed by atoms with Crippen molar-refractivity contribution in [2.45, 2.75) is 6.04 Å². The molecule has 186 valence electrons. The summed E-state index contributed by atoms with van der Waals surface area (Å²) in [6, 6.07) is 13.3. The van der Waals surface area contributed by atoms with Gasteiger partial charge < -0.3 is 25.0 Å². The number of aliphatic hydroxyl groups is 1. The number of benzene rings is 3. The first kappa shape index (κ1) is 23.9. The van der Waals surface area contributed by atoms with Gasteiger partial charge in [-0.25, -0.2) is 9.78 Å². The molecule has 1 aliphatic heterocycles. The van der Waals surface area contributed by atoms with Crippen LogP contribution in [-0.2, 0) is 9.59 Å². The highest BCUT2D eigenvalue weighted by molar-refractivity contribution is 6.51. The fourth-order valence-corrected chi connectivity index (χ4v) is 4.49. The monoisotopic (exact) mass is 519 g/mol. The molecule has 1 atom stereocenters. The number of aromatic hydroxyl groups is 1. The van der Waals surface area contributed by atoms with Crippen molar-refractivity contribution < 1.29 is 34.4 Å². The molecule has 37 heavy (non-hydrogen) atoms. The van der Waals surface area contributed by atoms with Crippen molar-refractivity contribution in [3.8, 4) is 11.5 Å². The molecule has 3 aromatic carbocycles. The molecule has 2 heterocycles. The van der Waals surface area contributed by atoms with Crippen molar-refractivity contribution in [1.82, 2.24) is 9.97 Å². The number of phenolic OH excluding ortho intramolecular Hbond substituents is 1. The number of Topliss-reactive ketones (excluding diaryl/α,β-unsaturated/α-hetero) is 1. The van der Waals surface area contributed by atoms with E-state index in [-0.39, 0.29) is 33.4 Å². The van der Waals surface area contributed by atoms with Gasteiger partial charge in [0.25, 0.3) is 5.78 Å². The van der Waals surface area contributed by atoms with E-state index >= 15 is 0 Å². The summed E-state index contributed by atoms with van der Waals surface area (Å²) >= 11 is 6.22. The largest absolute Gasteiger partial charge is 0.508 e. The molecule has 1 saturated heterocycles. The Morgan fingerprint density at radius 1 is 1.03 bits per heavy atom. The number of aliphatic hydroxyl groups excluding tert-OH is 1. The second kappa shape index (κ2) is 8.99. The molecular formula is C26H18ClN3O7. The first-order valence-corrected chi connectivity index (χ1v) is 11.2. The molecule has 4 N–H and O–H groups in total. The van der Waals surface area contributed by atoms with Crippen molar-refractivity contribution in [1.29, 1.82) is 0 Å². The quantitative estimate of drug-likeness (QED) is 0.173. The van der Waals surface area contributed by atoms with Gasteiger partial charge in [0.15, 0.2) is 0 Å². The number of rotatable bonds is 5. The van der Waals surface area contributed by atoms with E-state index in [0.717, 1.165) is 4.90 Å². The first-order valence-electron chi connectivity index (χ1n) is 10.9. The van der Waals surface area contributed by atoms with Crippen LogP contribution in [-0.4, -0.2) is 50.1 Å². The van der Waals surface area contributed by atoms with E-state index < -0.39 is 29.5 Å². The lowest BCUT2D eigenvalue weighted by atomic mass is 9.95. The zero-order valence-electron chi connectivity index (χ0n) is 19.1. The number of hydrogen-bond acceptors (Lipinski definition) is 7. The smallest absolute Gasteiger partial charge is 0.335 e. The number of amides is 1. The molecule has 1 amide bonds. The average Bonchev–Trinajstić information content (AvgIpc) is 3.41. The van der Waals surface area contributed by atoms with Gasteiger partial charge in [0.1, 0.15) is 17.3 Å². The molecule has 5 rings (SSSR count). The van der Waals surface area contributed by atoms with E-state index in [1.54, 1.807) is 0 Å². The molecule has 0 bridgehead atoms. The van der Waals surface area contributed by atoms with Gasteiger partial charge in [-0.3, -0.25) is 14.5 Å². The number of phenols is 1. The Bertz CT molecular complexity index is 1630. The summed E-state index contributed by atoms with van der Waals surface area (Å²) in [5.41, 5.74) is 1.09. The predicted octanol–water partition coefficient (Wildman–Crippen LogP) is 4.26. The highest BCUT2D eigenvalue weighted by Gasteiger charge is 2.48. The van der Waals surface area contributed by atoms with Crippen molar-refractivity contribution >= 4 is 52.0 Å². The van der Waals surface area contributed by atoms with Crippen LogP contribution in [0.3, 0.4) is 0 Å². The molecule has 0 aliphatic carbocycles. The van der Waals surface area contributed by atoms with E-state index in [0.29, 0.717) is 22.3 Å². The number of aromatic nitrogens is 2. The van der Waals surface area contributed by atoms with Gasteiger partial charge in [-0.2, -0.15) is 0 Å². The lowest BCUT2D eigenvalue weighted by Crippen LogP contribution is -2.30. The molecule has 1 aliphatic rings. The molecule has 0 spiro atoms. The first-order chi connectivity index (χ1) is 17.7. The second-order valence-electron chi connectivity index (χ2n) is 8.21. The molecule has 0 radical (unpaired) electrons. The number of imidazole rings is 1. The fourth-order valence-electron chi connectivity index (χ4n) is 4.24. The maximum Gasteiger partial charge on any atom is 0.335 e. The molecule has 1 unspecified atom stereocenters. The van der Waals surface area contributed by atoms with Crippen molar-refractivity contribution in [3.05, 3.63) is 87.9 Å². The second-order valence-corrected chi connectivity index (χ2v) is 8.61. The standard InChI is InChI=1S/C26H18ClN3O7/c1-37-19-9-5-13(10-16(19)27)22(32)20-21(12-2-6-15(31)7-3-12)30(24(34)23(20)33)26-28-17-8-4-14(25(35)36)11-18(17)29-26/h2-11,21,31-32H,1H3,(H,28,29)(H,35,36)/b22-20+. The predicted molar refractivity (Wildman–Crippen MR) is 134 cm³/mol. The minimum atomic E-state index is -1.14. The third-order valence-electron chi connectivity index (χ3n) is 6.02. The number of carbonyl (C=O) groups is 3. The van der Waals surface area contributed by atoms with E-state index in [1.807, 2.05) is 0 Å². The number of anilines is 1. The summed E-state index contributed by atoms with van der Waals surface area (Å²) in [5, 5.41) is 30.5. The Labute approximate surface area is 214 Å². The third-order valence-corrected chi connectivity index (χ3v) is 6.32. The minimum absolute atomic E-state index is 0.0104. The number of carboxylic acid groups (broad SMARTS) is 1. The number of hydrogen-bond donors (Lipinski definition) is 4. The molecule has 4 aromatic rings. The van der Waals surface area contributed by atoms with Crippen LogP contribution in [0.4, 0.5) is 5.95 Å². The van der Waals surface area contributed by atoms with E-state index in [4.69, 9.17) is 16.3 Å². The van der Waals surface area contributed by atoms with E-state index in [2.05, 4.69) is 9.97 Å². The molecule has 0 saturated carbocycles. The fraction of sp³-hybridized carbons (Fsp3) is 0.0769. The number of aromatic amines is 1. The van der Waals surface area contributed by atoms with Crippen LogP contribution < -0.4 is 9.64 Å². The van der Waals surface area contributed by atoms with Gasteiger partial charge in [0.05, 0.1) is 40.3 Å². The number of carboxylic acids is 1. The van der Waals surface area contributed by atoms with Crippen molar-refractivity contribution in [3.63, 3.8) is 0 Å². The lowest BCUT2D eigenvalue weighted by Gasteiger charge is -2.23. The number of nitrogens with zero attached hydrogens (tertiary/aromatic N) is 2. The highest BCUT2D eigenvalue weighted by Crippen LogP contribution is 2.42. The van der Waals surface area contributed by atoms with Gasteiger partial charge in [0.2, 0.25) is 5.95 Å². The zero-order valence-corrected chi connectivity index (χ0v) is 19.9. The van der Waals surface area contributed by atoms with Crippen LogP contribution in [0.15, 0.2) is 66.2 Å². The van der Waals surface area contributed by atoms with Crippen LogP contribution in [0.25, 0.3) is 16.8 Å². The minimum Gasteiger partial charge on any atom is -0.508 e. The molecule has 11 heteroatoms. The number of nitrogens with one attached hydrogen (secondary N) is 1. The summed E-state index contributed by atoms with van der Waals surface area (Å²) in [6.07, 6.45) is 0. The molecule has 10 nitrogen and oxygen atoms in total. The van der Waals surface area contributed by atoms with Gasteiger partial charge in [-0.05, 0) is 54.1 Å². The Kier molecular flexibility index (Phi) is 5.81. The number of H-pyrrole nitrogens is 1. The number of ether oxygens (including phenoxy) is 1. The summed E-state index contributed by atoms with van der Waals surface area (Å²) in [5.74, 6) is -3.23. The summed E-state index contributed by atoms with van der Waals surface area (Å²) in [4.78, 5) is 46.3. The molecular weight excluding hydrogens is 502 g/mol. The number of halogens is 1. The Hall–Kier alpha value is -4.83. The topological polar surface area (TPSA) is 153 Å². The number of methoxy groups -OCH3 is 1. The van der Waals surface area contributed by atoms with Crippen molar-refractivity contribution in [2.24, 2.45) is 0 Å². The van der Waals surface area contributed by atoms with Crippen molar-refractivity contribution in [2.75, 3.05) is 12.0 Å². The normalized spacial score (nSPS) is 16.9. The Morgan fingerprint density at radius 3 is 2.38 bits per heavy atom. The van der Waals surface area contributed by atoms with Gasteiger partial charge >= 0.3 is 11.9 Å². The lowest BCUT2D eigenvalue weighted by molar-refractivity contribution is -0.132. The number of ketones is 1. The number of fused-ring (bicyclic) bond motifs is 1. The SMILES string of the molecule is COc1ccc(/C(O)=C2\C(=O)C(=O)N(c3nc4ccc(C(=O)O)cc4[nH]3)C2c2ccc(O)cc2)cc1Cl. The number of carbonyl (C=O) groups excluding carboxylic acids is 2. The van der Waals surface area contributed by atoms with Gasteiger partial charge in [-0.1, -0.05) is 23.7 Å². The Morgan fingerprint density at radius 2 is 1.73 bits per heavy atom. The summed E-state index contributed by atoms with van der Waals surface area (Å²) in [7, 11) is 1.43. The van der Waals surface area contributed by atoms with Gasteiger partial charge in [0, 0.05) is 5.56 Å². The van der Waals surface area contributed by atoms with Crippen LogP contribution >= 0.6 is 11.6 Å². The zero-order chi connectivity index (χ0) is 26.4. The number of aromatic carboxylic acids is 1. The average molecular weight is 520 g/mol. The van der Waals surface area contributed by atoms with Crippen LogP contribution in [0.2, 0.25) is 5.02 Å².